The van der Waals surface area contributed by atoms with Crippen molar-refractivity contribution >= 4 is 27.5 Å². The van der Waals surface area contributed by atoms with E-state index in [9.17, 15) is 9.18 Å². The Morgan fingerprint density at radius 1 is 1.48 bits per heavy atom. The molecular weight excluding hydrogens is 291 g/mol. The number of ether oxygens (including phenoxy) is 1. The molecule has 0 unspecified atom stereocenters. The van der Waals surface area contributed by atoms with Crippen LogP contribution in [0.25, 0.3) is 10.2 Å². The number of hydrogen-bond donors (Lipinski definition) is 0. The first-order chi connectivity index (χ1) is 10.0. The molecular formula is C15H19FN2O2S. The van der Waals surface area contributed by atoms with Crippen LogP contribution in [0.2, 0.25) is 0 Å². The van der Waals surface area contributed by atoms with E-state index in [4.69, 9.17) is 4.74 Å². The molecule has 0 aliphatic rings. The highest BCUT2D eigenvalue weighted by Gasteiger charge is 2.10. The number of amides is 1. The Bertz CT molecular complexity index is 703. The van der Waals surface area contributed by atoms with Crippen LogP contribution < -0.4 is 4.80 Å². The first kappa shape index (κ1) is 15.9. The molecule has 1 amide bonds. The second-order valence-corrected chi connectivity index (χ2v) is 5.96. The van der Waals surface area contributed by atoms with Gasteiger partial charge in [-0.15, -0.1) is 0 Å². The van der Waals surface area contributed by atoms with Crippen molar-refractivity contribution in [1.82, 2.24) is 4.57 Å². The van der Waals surface area contributed by atoms with Crippen LogP contribution in [-0.2, 0) is 16.1 Å². The molecule has 0 aliphatic carbocycles. The Kier molecular flexibility index (Phi) is 5.25. The van der Waals surface area contributed by atoms with E-state index in [-0.39, 0.29) is 17.6 Å². The molecule has 0 saturated carbocycles. The summed E-state index contributed by atoms with van der Waals surface area (Å²) in [7, 11) is 0. The highest BCUT2D eigenvalue weighted by atomic mass is 32.1. The normalized spacial score (nSPS) is 12.5. The summed E-state index contributed by atoms with van der Waals surface area (Å²) in [5.74, 6) is -0.623. The molecule has 0 atom stereocenters. The molecule has 2 rings (SSSR count). The van der Waals surface area contributed by atoms with Crippen LogP contribution in [0.4, 0.5) is 4.39 Å². The van der Waals surface area contributed by atoms with Gasteiger partial charge in [-0.3, -0.25) is 4.79 Å². The van der Waals surface area contributed by atoms with Gasteiger partial charge in [0.15, 0.2) is 4.80 Å². The highest BCUT2D eigenvalue weighted by molar-refractivity contribution is 7.16. The van der Waals surface area contributed by atoms with E-state index < -0.39 is 0 Å². The number of benzene rings is 1. The lowest BCUT2D eigenvalue weighted by Gasteiger charge is -2.05. The molecule has 1 heterocycles. The first-order valence-electron chi connectivity index (χ1n) is 6.98. The molecule has 2 aromatic rings. The van der Waals surface area contributed by atoms with Gasteiger partial charge in [0.2, 0.25) is 0 Å². The van der Waals surface area contributed by atoms with Gasteiger partial charge in [0.05, 0.1) is 16.8 Å². The number of hydrogen-bond acceptors (Lipinski definition) is 3. The SMILES string of the molecule is CCOCCn1c(=NC(=O)C(C)C)sc2cc(F)ccc21. The van der Waals surface area contributed by atoms with Crippen molar-refractivity contribution in [3.8, 4) is 0 Å². The summed E-state index contributed by atoms with van der Waals surface area (Å²) in [5.41, 5.74) is 0.872. The Labute approximate surface area is 126 Å². The molecule has 0 aliphatic heterocycles. The summed E-state index contributed by atoms with van der Waals surface area (Å²) in [6.07, 6.45) is 0. The molecule has 1 aromatic heterocycles. The number of thiazole rings is 1. The third kappa shape index (κ3) is 3.77. The van der Waals surface area contributed by atoms with Crippen molar-refractivity contribution in [2.45, 2.75) is 27.3 Å². The van der Waals surface area contributed by atoms with Gasteiger partial charge in [-0.05, 0) is 25.1 Å². The molecule has 0 spiro atoms. The minimum atomic E-state index is -0.289. The van der Waals surface area contributed by atoms with Gasteiger partial charge in [0, 0.05) is 19.1 Å². The molecule has 0 fully saturated rings. The number of fused-ring (bicyclic) bond motifs is 1. The molecule has 21 heavy (non-hydrogen) atoms. The zero-order chi connectivity index (χ0) is 15.4. The van der Waals surface area contributed by atoms with Crippen LogP contribution >= 0.6 is 11.3 Å². The maximum Gasteiger partial charge on any atom is 0.250 e. The highest BCUT2D eigenvalue weighted by Crippen LogP contribution is 2.18. The van der Waals surface area contributed by atoms with Crippen molar-refractivity contribution in [3.63, 3.8) is 0 Å². The minimum absolute atomic E-state index is 0.160. The summed E-state index contributed by atoms with van der Waals surface area (Å²) in [5, 5.41) is 0. The van der Waals surface area contributed by atoms with Crippen LogP contribution in [0.1, 0.15) is 20.8 Å². The standard InChI is InChI=1S/C15H19FN2O2S/c1-4-20-8-7-18-12-6-5-11(16)9-13(12)21-15(18)17-14(19)10(2)3/h5-6,9-10H,4,7-8H2,1-3H3. The number of carbonyl (C=O) groups is 1. The fraction of sp³-hybridized carbons (Fsp3) is 0.467. The molecule has 6 heteroatoms. The monoisotopic (exact) mass is 310 g/mol. The maximum absolute atomic E-state index is 13.4. The smallest absolute Gasteiger partial charge is 0.250 e. The fourth-order valence-electron chi connectivity index (χ4n) is 1.87. The zero-order valence-electron chi connectivity index (χ0n) is 12.4. The zero-order valence-corrected chi connectivity index (χ0v) is 13.2. The number of carbonyl (C=O) groups excluding carboxylic acids is 1. The van der Waals surface area contributed by atoms with Crippen LogP contribution in [0, 0.1) is 11.7 Å². The summed E-state index contributed by atoms with van der Waals surface area (Å²) < 4.78 is 21.4. The van der Waals surface area contributed by atoms with Gasteiger partial charge in [0.1, 0.15) is 5.82 Å². The predicted molar refractivity (Wildman–Crippen MR) is 81.7 cm³/mol. The third-order valence-electron chi connectivity index (χ3n) is 3.01. The second kappa shape index (κ2) is 6.95. The van der Waals surface area contributed by atoms with Crippen LogP contribution in [0.5, 0.6) is 0 Å². The van der Waals surface area contributed by atoms with Gasteiger partial charge < -0.3 is 9.30 Å². The van der Waals surface area contributed by atoms with Crippen molar-refractivity contribution in [2.24, 2.45) is 10.9 Å². The van der Waals surface area contributed by atoms with Crippen molar-refractivity contribution in [1.29, 1.82) is 0 Å². The van der Waals surface area contributed by atoms with E-state index >= 15 is 0 Å². The lowest BCUT2D eigenvalue weighted by atomic mass is 10.2. The Morgan fingerprint density at radius 3 is 2.90 bits per heavy atom. The Balaban J connectivity index is 2.51. The van der Waals surface area contributed by atoms with Crippen LogP contribution in [0.15, 0.2) is 23.2 Å². The average molecular weight is 310 g/mol. The van der Waals surface area contributed by atoms with E-state index in [2.05, 4.69) is 4.99 Å². The van der Waals surface area contributed by atoms with E-state index in [1.807, 2.05) is 25.3 Å². The van der Waals surface area contributed by atoms with Crippen molar-refractivity contribution in [3.05, 3.63) is 28.8 Å². The number of rotatable bonds is 5. The predicted octanol–water partition coefficient (Wildman–Crippen LogP) is 2.96. The number of nitrogens with zero attached hydrogens (tertiary/aromatic N) is 2. The lowest BCUT2D eigenvalue weighted by Crippen LogP contribution is -2.20. The van der Waals surface area contributed by atoms with Gasteiger partial charge in [-0.25, -0.2) is 4.39 Å². The molecule has 0 N–H and O–H groups in total. The summed E-state index contributed by atoms with van der Waals surface area (Å²) in [6, 6.07) is 4.60. The molecule has 0 saturated heterocycles. The van der Waals surface area contributed by atoms with Gasteiger partial charge in [0.25, 0.3) is 5.91 Å². The number of aromatic nitrogens is 1. The average Bonchev–Trinajstić information content (AvgIpc) is 2.76. The quantitative estimate of drug-likeness (QED) is 0.797. The van der Waals surface area contributed by atoms with Gasteiger partial charge in [-0.2, -0.15) is 4.99 Å². The van der Waals surface area contributed by atoms with E-state index in [0.717, 1.165) is 10.2 Å². The molecule has 0 radical (unpaired) electrons. The van der Waals surface area contributed by atoms with Crippen LogP contribution in [-0.4, -0.2) is 23.7 Å². The van der Waals surface area contributed by atoms with E-state index in [0.29, 0.717) is 24.6 Å². The van der Waals surface area contributed by atoms with Gasteiger partial charge >= 0.3 is 0 Å². The fourth-order valence-corrected chi connectivity index (χ4v) is 2.96. The second-order valence-electron chi connectivity index (χ2n) is 4.95. The molecule has 4 nitrogen and oxygen atoms in total. The van der Waals surface area contributed by atoms with E-state index in [1.165, 1.54) is 23.5 Å². The minimum Gasteiger partial charge on any atom is -0.380 e. The third-order valence-corrected chi connectivity index (χ3v) is 4.05. The Morgan fingerprint density at radius 2 is 2.24 bits per heavy atom. The molecule has 1 aromatic carbocycles. The topological polar surface area (TPSA) is 43.6 Å². The summed E-state index contributed by atoms with van der Waals surface area (Å²) in [4.78, 5) is 16.6. The summed E-state index contributed by atoms with van der Waals surface area (Å²) in [6.45, 7) is 7.30. The summed E-state index contributed by atoms with van der Waals surface area (Å²) >= 11 is 1.32. The first-order valence-corrected chi connectivity index (χ1v) is 7.79. The van der Waals surface area contributed by atoms with Gasteiger partial charge in [-0.1, -0.05) is 25.2 Å². The maximum atomic E-state index is 13.4. The molecule has 0 bridgehead atoms. The molecule has 114 valence electrons. The number of halogens is 1. The largest absolute Gasteiger partial charge is 0.380 e. The van der Waals surface area contributed by atoms with Crippen LogP contribution in [0.3, 0.4) is 0 Å². The van der Waals surface area contributed by atoms with Crippen molar-refractivity contribution < 1.29 is 13.9 Å². The Hall–Kier alpha value is -1.53. The van der Waals surface area contributed by atoms with E-state index in [1.54, 1.807) is 6.07 Å². The lowest BCUT2D eigenvalue weighted by molar-refractivity contribution is -0.120. The van der Waals surface area contributed by atoms with Crippen molar-refractivity contribution in [2.75, 3.05) is 13.2 Å².